The Labute approximate surface area is 115 Å². The number of rotatable bonds is 2. The second kappa shape index (κ2) is 5.11. The fourth-order valence-electron chi connectivity index (χ4n) is 1.95. The second-order valence-corrected chi connectivity index (χ2v) is 6.14. The molecular weight excluding hydrogens is 238 g/mol. The van der Waals surface area contributed by atoms with Gasteiger partial charge in [-0.3, -0.25) is 4.79 Å². The maximum absolute atomic E-state index is 12.4. The molecule has 1 atom stereocenters. The van der Waals surface area contributed by atoms with E-state index in [1.54, 1.807) is 0 Å². The molecule has 0 saturated heterocycles. The zero-order chi connectivity index (χ0) is 14.0. The molecule has 0 spiro atoms. The number of hydrogen-bond acceptors (Lipinski definition) is 3. The number of carbonyl (C=O) groups is 1. The lowest BCUT2D eigenvalue weighted by Gasteiger charge is -2.29. The van der Waals surface area contributed by atoms with Gasteiger partial charge in [0.05, 0.1) is 16.9 Å². The van der Waals surface area contributed by atoms with Gasteiger partial charge in [-0.25, -0.2) is 0 Å². The van der Waals surface area contributed by atoms with Crippen LogP contribution in [0, 0.1) is 5.41 Å². The summed E-state index contributed by atoms with van der Waals surface area (Å²) in [4.78, 5) is 12.4. The Morgan fingerprint density at radius 1 is 1.26 bits per heavy atom. The Morgan fingerprint density at radius 2 is 1.95 bits per heavy atom. The third-order valence-corrected chi connectivity index (χ3v) is 3.70. The van der Waals surface area contributed by atoms with E-state index in [4.69, 9.17) is 0 Å². The van der Waals surface area contributed by atoms with Gasteiger partial charge in [0.15, 0.2) is 0 Å². The topological polar surface area (TPSA) is 53.2 Å². The number of fused-ring (bicyclic) bond motifs is 1. The lowest BCUT2D eigenvalue weighted by atomic mass is 9.88. The van der Waals surface area contributed by atoms with E-state index < -0.39 is 0 Å². The zero-order valence-corrected chi connectivity index (χ0v) is 12.1. The monoisotopic (exact) mass is 261 g/mol. The average Bonchev–Trinajstić information content (AvgIpc) is 2.36. The third kappa shape index (κ3) is 3.00. The van der Waals surface area contributed by atoms with Crippen molar-refractivity contribution in [3.05, 3.63) is 23.8 Å². The first-order valence-electron chi connectivity index (χ1n) is 6.81. The van der Waals surface area contributed by atoms with E-state index in [1.165, 1.54) is 0 Å². The Hall–Kier alpha value is -1.71. The molecule has 0 bridgehead atoms. The van der Waals surface area contributed by atoms with Gasteiger partial charge in [0.25, 0.3) is 5.91 Å². The summed E-state index contributed by atoms with van der Waals surface area (Å²) in [6.45, 7) is 10.1. The Bertz CT molecular complexity index is 477. The van der Waals surface area contributed by atoms with E-state index in [1.807, 2.05) is 25.1 Å². The van der Waals surface area contributed by atoms with Gasteiger partial charge in [-0.15, -0.1) is 0 Å². The van der Waals surface area contributed by atoms with Crippen LogP contribution in [0.1, 0.15) is 38.1 Å². The van der Waals surface area contributed by atoms with Gasteiger partial charge in [0, 0.05) is 19.1 Å². The first-order valence-corrected chi connectivity index (χ1v) is 6.81. The molecule has 4 nitrogen and oxygen atoms in total. The number of hydrogen-bond donors (Lipinski definition) is 3. The normalized spacial score (nSPS) is 15.8. The summed E-state index contributed by atoms with van der Waals surface area (Å²) < 4.78 is 0. The van der Waals surface area contributed by atoms with E-state index in [0.717, 1.165) is 24.5 Å². The number of anilines is 2. The molecule has 1 amide bonds. The summed E-state index contributed by atoms with van der Waals surface area (Å²) in [7, 11) is 0. The Morgan fingerprint density at radius 3 is 2.63 bits per heavy atom. The van der Waals surface area contributed by atoms with Crippen LogP contribution in [0.3, 0.4) is 0 Å². The smallest absolute Gasteiger partial charge is 0.253 e. The summed E-state index contributed by atoms with van der Waals surface area (Å²) in [6.07, 6.45) is 0. The molecule has 1 aromatic rings. The lowest BCUT2D eigenvalue weighted by Crippen LogP contribution is -2.41. The molecule has 104 valence electrons. The van der Waals surface area contributed by atoms with Crippen LogP contribution in [-0.2, 0) is 0 Å². The maximum atomic E-state index is 12.4. The first kappa shape index (κ1) is 13.7. The van der Waals surface area contributed by atoms with E-state index >= 15 is 0 Å². The fourth-order valence-corrected chi connectivity index (χ4v) is 1.95. The minimum atomic E-state index is -0.0181. The standard InChI is InChI=1S/C15H23N3O/c1-10(15(2,3)4)18-14(19)11-6-5-7-12-13(11)17-9-8-16-12/h5-7,10,16-17H,8-9H2,1-4H3,(H,18,19). The van der Waals surface area contributed by atoms with Crippen LogP contribution in [0.15, 0.2) is 18.2 Å². The van der Waals surface area contributed by atoms with Crippen LogP contribution in [0.2, 0.25) is 0 Å². The van der Waals surface area contributed by atoms with Crippen LogP contribution in [0.25, 0.3) is 0 Å². The van der Waals surface area contributed by atoms with Crippen LogP contribution in [-0.4, -0.2) is 25.0 Å². The maximum Gasteiger partial charge on any atom is 0.253 e. The highest BCUT2D eigenvalue weighted by molar-refractivity contribution is 6.02. The molecule has 2 rings (SSSR count). The SMILES string of the molecule is CC(NC(=O)c1cccc2c1NCCN2)C(C)(C)C. The van der Waals surface area contributed by atoms with Gasteiger partial charge in [0.1, 0.15) is 0 Å². The fraction of sp³-hybridized carbons (Fsp3) is 0.533. The highest BCUT2D eigenvalue weighted by atomic mass is 16.1. The summed E-state index contributed by atoms with van der Waals surface area (Å²) >= 11 is 0. The molecule has 0 aliphatic carbocycles. The van der Waals surface area contributed by atoms with Crippen molar-refractivity contribution < 1.29 is 4.79 Å². The van der Waals surface area contributed by atoms with Gasteiger partial charge >= 0.3 is 0 Å². The van der Waals surface area contributed by atoms with Gasteiger partial charge in [0.2, 0.25) is 0 Å². The van der Waals surface area contributed by atoms with Crippen molar-refractivity contribution in [2.24, 2.45) is 5.41 Å². The average molecular weight is 261 g/mol. The van der Waals surface area contributed by atoms with E-state index in [2.05, 4.69) is 36.7 Å². The largest absolute Gasteiger partial charge is 0.382 e. The molecule has 0 radical (unpaired) electrons. The van der Waals surface area contributed by atoms with Crippen LogP contribution >= 0.6 is 0 Å². The number of amides is 1. The minimum Gasteiger partial charge on any atom is -0.382 e. The van der Waals surface area contributed by atoms with Gasteiger partial charge in [-0.05, 0) is 24.5 Å². The van der Waals surface area contributed by atoms with E-state index in [0.29, 0.717) is 5.56 Å². The molecule has 1 unspecified atom stereocenters. The van der Waals surface area contributed by atoms with Crippen LogP contribution in [0.4, 0.5) is 11.4 Å². The van der Waals surface area contributed by atoms with Crippen molar-refractivity contribution in [1.29, 1.82) is 0 Å². The molecule has 1 aliphatic heterocycles. The second-order valence-electron chi connectivity index (χ2n) is 6.14. The predicted octanol–water partition coefficient (Wildman–Crippen LogP) is 2.69. The molecule has 3 N–H and O–H groups in total. The number of nitrogens with one attached hydrogen (secondary N) is 3. The van der Waals surface area contributed by atoms with Gasteiger partial charge in [-0.1, -0.05) is 26.8 Å². The lowest BCUT2D eigenvalue weighted by molar-refractivity contribution is 0.0911. The van der Waals surface area contributed by atoms with E-state index in [9.17, 15) is 4.79 Å². The predicted molar refractivity (Wildman–Crippen MR) is 79.8 cm³/mol. The molecule has 0 fully saturated rings. The van der Waals surface area contributed by atoms with E-state index in [-0.39, 0.29) is 17.4 Å². The molecule has 1 aliphatic rings. The number of carbonyl (C=O) groups excluding carboxylic acids is 1. The summed E-state index contributed by atoms with van der Waals surface area (Å²) in [5, 5.41) is 9.68. The molecule has 4 heteroatoms. The number of benzene rings is 1. The van der Waals surface area contributed by atoms with Gasteiger partial charge < -0.3 is 16.0 Å². The highest BCUT2D eigenvalue weighted by Crippen LogP contribution is 2.28. The van der Waals surface area contributed by atoms with Crippen LogP contribution < -0.4 is 16.0 Å². The van der Waals surface area contributed by atoms with Crippen molar-refractivity contribution in [2.75, 3.05) is 23.7 Å². The van der Waals surface area contributed by atoms with Crippen LogP contribution in [0.5, 0.6) is 0 Å². The summed E-state index contributed by atoms with van der Waals surface area (Å²) in [6, 6.07) is 5.89. The molecule has 0 saturated carbocycles. The zero-order valence-electron chi connectivity index (χ0n) is 12.1. The molecule has 1 heterocycles. The third-order valence-electron chi connectivity index (χ3n) is 3.70. The molecule has 0 aromatic heterocycles. The van der Waals surface area contributed by atoms with Crippen molar-refractivity contribution in [2.45, 2.75) is 33.7 Å². The molecule has 1 aromatic carbocycles. The summed E-state index contributed by atoms with van der Waals surface area (Å²) in [5.74, 6) is -0.0181. The van der Waals surface area contributed by atoms with Gasteiger partial charge in [-0.2, -0.15) is 0 Å². The molecular formula is C15H23N3O. The van der Waals surface area contributed by atoms with Crippen molar-refractivity contribution in [3.8, 4) is 0 Å². The minimum absolute atomic E-state index is 0.0181. The Kier molecular flexibility index (Phi) is 3.69. The van der Waals surface area contributed by atoms with Crippen molar-refractivity contribution in [3.63, 3.8) is 0 Å². The van der Waals surface area contributed by atoms with Crippen molar-refractivity contribution in [1.82, 2.24) is 5.32 Å². The Balaban J connectivity index is 2.20. The molecule has 19 heavy (non-hydrogen) atoms. The summed E-state index contributed by atoms with van der Waals surface area (Å²) in [5.41, 5.74) is 2.67. The van der Waals surface area contributed by atoms with Crippen molar-refractivity contribution >= 4 is 17.3 Å². The first-order chi connectivity index (χ1) is 8.89. The highest BCUT2D eigenvalue weighted by Gasteiger charge is 2.24. The number of para-hydroxylation sites is 1. The quantitative estimate of drug-likeness (QED) is 0.767.